The zero-order chi connectivity index (χ0) is 13.8. The molecule has 97 valence electrons. The van der Waals surface area contributed by atoms with Crippen LogP contribution in [0.1, 0.15) is 13.8 Å². The highest BCUT2D eigenvalue weighted by molar-refractivity contribution is 5.79. The number of rotatable bonds is 3. The van der Waals surface area contributed by atoms with E-state index in [-0.39, 0.29) is 17.4 Å². The molecule has 0 saturated carbocycles. The summed E-state index contributed by atoms with van der Waals surface area (Å²) in [6.07, 6.45) is 2.18. The van der Waals surface area contributed by atoms with Crippen molar-refractivity contribution in [3.63, 3.8) is 0 Å². The van der Waals surface area contributed by atoms with Crippen molar-refractivity contribution in [2.45, 2.75) is 13.8 Å². The molecule has 0 N–H and O–H groups in total. The molecule has 1 radical (unpaired) electrons. The topological polar surface area (TPSA) is 91.5 Å². The number of nitrogens with zero attached hydrogens (tertiary/aromatic N) is 2. The Hall–Kier alpha value is -2.70. The second-order valence-electron chi connectivity index (χ2n) is 3.52. The van der Waals surface area contributed by atoms with Crippen molar-refractivity contribution < 1.29 is 23.5 Å². The van der Waals surface area contributed by atoms with Crippen LogP contribution in [0.5, 0.6) is 11.5 Å². The molecule has 0 atom stereocenters. The quantitative estimate of drug-likeness (QED) is 0.608. The fraction of sp³-hybridized carbons (Fsp3) is 0.167. The highest BCUT2D eigenvalue weighted by Gasteiger charge is 2.19. The minimum atomic E-state index is -0.565. The zero-order valence-corrected chi connectivity index (χ0v) is 10.2. The number of carbonyl (C=O) groups excluding carboxylic acids is 2. The van der Waals surface area contributed by atoms with Crippen LogP contribution in [-0.4, -0.2) is 22.1 Å². The van der Waals surface area contributed by atoms with Gasteiger partial charge < -0.3 is 13.9 Å². The first-order valence-corrected chi connectivity index (χ1v) is 5.27. The number of benzene rings is 1. The van der Waals surface area contributed by atoms with Crippen LogP contribution >= 0.6 is 0 Å². The molecule has 0 spiro atoms. The molecule has 0 saturated heterocycles. The third-order valence-electron chi connectivity index (χ3n) is 2.03. The van der Waals surface area contributed by atoms with Gasteiger partial charge in [-0.1, -0.05) is 6.07 Å². The number of hydrogen-bond acceptors (Lipinski definition) is 7. The van der Waals surface area contributed by atoms with Crippen molar-refractivity contribution >= 4 is 11.9 Å². The molecule has 7 heteroatoms. The summed E-state index contributed by atoms with van der Waals surface area (Å²) in [6, 6.07) is 4.68. The van der Waals surface area contributed by atoms with Crippen molar-refractivity contribution in [2.75, 3.05) is 0 Å². The number of aromatic nitrogens is 2. The minimum Gasteiger partial charge on any atom is -0.423 e. The molecular formula is C12H9N2O5. The Bertz CT molecular complexity index is 607. The fourth-order valence-corrected chi connectivity index (χ4v) is 1.43. The lowest BCUT2D eigenvalue weighted by molar-refractivity contribution is -0.134. The Morgan fingerprint density at radius 1 is 1.21 bits per heavy atom. The molecule has 1 heterocycles. The van der Waals surface area contributed by atoms with E-state index in [1.807, 2.05) is 0 Å². The first-order chi connectivity index (χ1) is 9.08. The molecule has 0 aliphatic rings. The lowest BCUT2D eigenvalue weighted by Gasteiger charge is -2.10. The average Bonchev–Trinajstić information content (AvgIpc) is 2.83. The fourth-order valence-electron chi connectivity index (χ4n) is 1.43. The highest BCUT2D eigenvalue weighted by atomic mass is 16.6. The summed E-state index contributed by atoms with van der Waals surface area (Å²) < 4.78 is 14.9. The predicted octanol–water partition coefficient (Wildman–Crippen LogP) is 1.39. The van der Waals surface area contributed by atoms with Gasteiger partial charge in [0.1, 0.15) is 0 Å². The highest BCUT2D eigenvalue weighted by Crippen LogP contribution is 2.37. The summed E-state index contributed by atoms with van der Waals surface area (Å²) in [7, 11) is 0. The van der Waals surface area contributed by atoms with E-state index in [4.69, 9.17) is 13.9 Å². The van der Waals surface area contributed by atoms with Crippen LogP contribution in [0.4, 0.5) is 0 Å². The van der Waals surface area contributed by atoms with Crippen LogP contribution in [0.15, 0.2) is 22.6 Å². The van der Waals surface area contributed by atoms with Crippen molar-refractivity contribution in [1.29, 1.82) is 0 Å². The second kappa shape index (κ2) is 5.30. The van der Waals surface area contributed by atoms with Gasteiger partial charge >= 0.3 is 18.3 Å². The van der Waals surface area contributed by atoms with Crippen LogP contribution in [0.3, 0.4) is 0 Å². The van der Waals surface area contributed by atoms with Crippen molar-refractivity contribution in [3.05, 3.63) is 24.6 Å². The largest absolute Gasteiger partial charge is 0.423 e. The number of carbonyl (C=O) groups is 2. The Balaban J connectivity index is 2.53. The van der Waals surface area contributed by atoms with Gasteiger partial charge in [-0.3, -0.25) is 9.59 Å². The summed E-state index contributed by atoms with van der Waals surface area (Å²) in [5.74, 6) is -0.863. The SMILES string of the molecule is CC(=O)Oc1cccc(-c2nn[c]o2)c1OC(C)=O. The van der Waals surface area contributed by atoms with Crippen LogP contribution in [-0.2, 0) is 9.59 Å². The lowest BCUT2D eigenvalue weighted by atomic mass is 10.2. The van der Waals surface area contributed by atoms with Gasteiger partial charge in [0, 0.05) is 13.8 Å². The molecule has 2 aromatic rings. The van der Waals surface area contributed by atoms with Gasteiger partial charge in [-0.15, -0.1) is 10.2 Å². The van der Waals surface area contributed by atoms with Gasteiger partial charge in [0.05, 0.1) is 5.56 Å². The van der Waals surface area contributed by atoms with Crippen LogP contribution in [0.2, 0.25) is 0 Å². The summed E-state index contributed by atoms with van der Waals surface area (Å²) >= 11 is 0. The monoisotopic (exact) mass is 261 g/mol. The molecule has 0 fully saturated rings. The Morgan fingerprint density at radius 2 is 1.95 bits per heavy atom. The van der Waals surface area contributed by atoms with Gasteiger partial charge in [-0.05, 0) is 12.1 Å². The van der Waals surface area contributed by atoms with Crippen LogP contribution in [0.25, 0.3) is 11.5 Å². The van der Waals surface area contributed by atoms with Crippen molar-refractivity contribution in [1.82, 2.24) is 10.2 Å². The molecule has 19 heavy (non-hydrogen) atoms. The molecular weight excluding hydrogens is 252 g/mol. The smallest absolute Gasteiger partial charge is 0.308 e. The molecule has 0 unspecified atom stereocenters. The van der Waals surface area contributed by atoms with Crippen LogP contribution < -0.4 is 9.47 Å². The molecule has 7 nitrogen and oxygen atoms in total. The van der Waals surface area contributed by atoms with E-state index in [1.54, 1.807) is 12.1 Å². The Kier molecular flexibility index (Phi) is 3.56. The van der Waals surface area contributed by atoms with E-state index in [0.717, 1.165) is 0 Å². The first kappa shape index (κ1) is 12.7. The van der Waals surface area contributed by atoms with E-state index in [1.165, 1.54) is 19.9 Å². The van der Waals surface area contributed by atoms with E-state index >= 15 is 0 Å². The van der Waals surface area contributed by atoms with Gasteiger partial charge in [-0.25, -0.2) is 0 Å². The van der Waals surface area contributed by atoms with E-state index in [2.05, 4.69) is 16.6 Å². The summed E-state index contributed by atoms with van der Waals surface area (Å²) in [6.45, 7) is 2.47. The minimum absolute atomic E-state index is 0.0443. The molecule has 0 aliphatic heterocycles. The predicted molar refractivity (Wildman–Crippen MR) is 61.2 cm³/mol. The van der Waals surface area contributed by atoms with Gasteiger partial charge in [0.2, 0.25) is 0 Å². The van der Waals surface area contributed by atoms with Crippen molar-refractivity contribution in [2.24, 2.45) is 0 Å². The number of esters is 2. The molecule has 0 amide bonds. The second-order valence-corrected chi connectivity index (χ2v) is 3.52. The number of hydrogen-bond donors (Lipinski definition) is 0. The Morgan fingerprint density at radius 3 is 2.53 bits per heavy atom. The maximum absolute atomic E-state index is 11.1. The maximum Gasteiger partial charge on any atom is 0.308 e. The van der Waals surface area contributed by atoms with Gasteiger partial charge in [0.15, 0.2) is 11.5 Å². The summed E-state index contributed by atoms with van der Waals surface area (Å²) in [4.78, 5) is 22.2. The van der Waals surface area contributed by atoms with Crippen LogP contribution in [0, 0.1) is 6.39 Å². The van der Waals surface area contributed by atoms with E-state index in [0.29, 0.717) is 5.56 Å². The molecule has 2 rings (SSSR count). The molecule has 0 aliphatic carbocycles. The molecule has 1 aromatic carbocycles. The van der Waals surface area contributed by atoms with Gasteiger partial charge in [0.25, 0.3) is 5.89 Å². The summed E-state index contributed by atoms with van der Waals surface area (Å²) in [5, 5.41) is 7.09. The first-order valence-electron chi connectivity index (χ1n) is 5.27. The molecule has 0 bridgehead atoms. The van der Waals surface area contributed by atoms with Crippen molar-refractivity contribution in [3.8, 4) is 23.0 Å². The third kappa shape index (κ3) is 2.95. The lowest BCUT2D eigenvalue weighted by Crippen LogP contribution is -2.08. The zero-order valence-electron chi connectivity index (χ0n) is 10.2. The van der Waals surface area contributed by atoms with E-state index < -0.39 is 11.9 Å². The Labute approximate surface area is 108 Å². The molecule has 1 aromatic heterocycles. The maximum atomic E-state index is 11.1. The standard InChI is InChI=1S/C12H9N2O5/c1-7(15)18-10-5-3-4-9(11(10)19-8(2)16)12-14-13-6-17-12/h3-5H,1-2H3. The van der Waals surface area contributed by atoms with E-state index in [9.17, 15) is 9.59 Å². The average molecular weight is 261 g/mol. The van der Waals surface area contributed by atoms with Gasteiger partial charge in [-0.2, -0.15) is 0 Å². The normalized spacial score (nSPS) is 10.0. The number of ether oxygens (including phenoxy) is 2. The number of para-hydroxylation sites is 1. The third-order valence-corrected chi connectivity index (χ3v) is 2.03. The summed E-state index contributed by atoms with van der Waals surface area (Å²) in [5.41, 5.74) is 0.336.